The molecule has 4 rings (SSSR count). The number of carbonyl (C=O) groups excluding carboxylic acids is 2. The van der Waals surface area contributed by atoms with Crippen LogP contribution in [0.5, 0.6) is 0 Å². The third-order valence-electron chi connectivity index (χ3n) is 5.55. The van der Waals surface area contributed by atoms with E-state index in [1.54, 1.807) is 19.1 Å². The number of benzene rings is 1. The number of aromatic nitrogens is 1. The highest BCUT2D eigenvalue weighted by molar-refractivity contribution is 6.33. The van der Waals surface area contributed by atoms with Crippen LogP contribution in [0.25, 0.3) is 0 Å². The summed E-state index contributed by atoms with van der Waals surface area (Å²) in [5, 5.41) is 5.72. The molecular weight excluding hydrogens is 445 g/mol. The zero-order valence-corrected chi connectivity index (χ0v) is 18.1. The summed E-state index contributed by atoms with van der Waals surface area (Å²) in [7, 11) is 0. The first-order valence-corrected chi connectivity index (χ1v) is 10.7. The van der Waals surface area contributed by atoms with Gasteiger partial charge in [0, 0.05) is 36.3 Å². The fraction of sp³-hybridized carbons (Fsp3) is 0.409. The van der Waals surface area contributed by atoms with Gasteiger partial charge in [0.2, 0.25) is 5.91 Å². The fourth-order valence-electron chi connectivity index (χ4n) is 3.74. The quantitative estimate of drug-likeness (QED) is 0.684. The fourth-order valence-corrected chi connectivity index (χ4v) is 4.04. The van der Waals surface area contributed by atoms with Crippen LogP contribution in [0.2, 0.25) is 5.02 Å². The van der Waals surface area contributed by atoms with Gasteiger partial charge >= 0.3 is 6.18 Å². The molecule has 1 aromatic carbocycles. The topological polar surface area (TPSA) is 74.3 Å². The number of halogens is 4. The Morgan fingerprint density at radius 2 is 1.91 bits per heavy atom. The minimum atomic E-state index is -4.46. The van der Waals surface area contributed by atoms with Gasteiger partial charge in [-0.15, -0.1) is 0 Å². The van der Waals surface area contributed by atoms with Crippen LogP contribution in [-0.4, -0.2) is 35.9 Å². The second-order valence-corrected chi connectivity index (χ2v) is 8.62. The molecule has 0 unspecified atom stereocenters. The molecule has 1 saturated heterocycles. The van der Waals surface area contributed by atoms with Crippen LogP contribution in [0.3, 0.4) is 0 Å². The van der Waals surface area contributed by atoms with Crippen LogP contribution in [0.15, 0.2) is 30.3 Å². The van der Waals surface area contributed by atoms with Crippen molar-refractivity contribution in [3.63, 3.8) is 0 Å². The zero-order chi connectivity index (χ0) is 23.0. The number of anilines is 2. The van der Waals surface area contributed by atoms with Crippen LogP contribution in [-0.2, 0) is 11.0 Å². The molecule has 1 aromatic heterocycles. The molecule has 1 saturated carbocycles. The van der Waals surface area contributed by atoms with E-state index in [1.807, 2.05) is 4.90 Å². The minimum absolute atomic E-state index is 0.0209. The van der Waals surface area contributed by atoms with Crippen LogP contribution >= 0.6 is 11.6 Å². The number of aryl methyl sites for hydroxylation is 1. The van der Waals surface area contributed by atoms with Crippen molar-refractivity contribution >= 4 is 34.9 Å². The molecule has 2 heterocycles. The van der Waals surface area contributed by atoms with Gasteiger partial charge in [-0.1, -0.05) is 11.6 Å². The summed E-state index contributed by atoms with van der Waals surface area (Å²) in [6, 6.07) is 6.27. The standard InChI is InChI=1S/C22H22ClF3N4O2/c1-12-8-14(9-19(27-12)29-20(31)13-2-3-13)21(32)28-16-6-7-30(11-16)18-5-4-15(10-17(18)23)22(24,25)26/h4-5,8-10,13,16H,2-3,6-7,11H2,1H3,(H,28,32)(H,27,29,31)/t16-/m1/s1. The van der Waals surface area contributed by atoms with Crippen molar-refractivity contribution in [2.24, 2.45) is 5.92 Å². The van der Waals surface area contributed by atoms with Gasteiger partial charge in [-0.25, -0.2) is 4.98 Å². The van der Waals surface area contributed by atoms with Crippen LogP contribution in [0, 0.1) is 12.8 Å². The van der Waals surface area contributed by atoms with Crippen molar-refractivity contribution in [3.8, 4) is 0 Å². The molecular formula is C22H22ClF3N4O2. The molecule has 10 heteroatoms. The smallest absolute Gasteiger partial charge is 0.368 e. The second kappa shape index (κ2) is 8.61. The van der Waals surface area contributed by atoms with Crippen LogP contribution < -0.4 is 15.5 Å². The highest BCUT2D eigenvalue weighted by atomic mass is 35.5. The molecule has 1 atom stereocenters. The van der Waals surface area contributed by atoms with Crippen molar-refractivity contribution < 1.29 is 22.8 Å². The van der Waals surface area contributed by atoms with E-state index in [0.29, 0.717) is 42.3 Å². The Labute approximate surface area is 188 Å². The Kier molecular flexibility index (Phi) is 6.03. The molecule has 2 fully saturated rings. The lowest BCUT2D eigenvalue weighted by atomic mass is 10.1. The lowest BCUT2D eigenvalue weighted by molar-refractivity contribution is -0.137. The molecule has 2 aromatic rings. The predicted octanol–water partition coefficient (Wildman–Crippen LogP) is 4.42. The SMILES string of the molecule is Cc1cc(C(=O)N[C@@H]2CCN(c3ccc(C(F)(F)F)cc3Cl)C2)cc(NC(=O)C2CC2)n1. The molecule has 2 amide bonds. The molecule has 6 nitrogen and oxygen atoms in total. The van der Waals surface area contributed by atoms with E-state index in [-0.39, 0.29) is 28.8 Å². The normalized spacial score (nSPS) is 18.5. The lowest BCUT2D eigenvalue weighted by Gasteiger charge is -2.21. The van der Waals surface area contributed by atoms with E-state index in [2.05, 4.69) is 15.6 Å². The number of alkyl halides is 3. The maximum absolute atomic E-state index is 12.9. The van der Waals surface area contributed by atoms with E-state index in [0.717, 1.165) is 25.0 Å². The maximum Gasteiger partial charge on any atom is 0.416 e. The summed E-state index contributed by atoms with van der Waals surface area (Å²) < 4.78 is 38.6. The monoisotopic (exact) mass is 466 g/mol. The van der Waals surface area contributed by atoms with Crippen LogP contribution in [0.4, 0.5) is 24.7 Å². The first kappa shape index (κ1) is 22.4. The summed E-state index contributed by atoms with van der Waals surface area (Å²) >= 11 is 6.10. The van der Waals surface area contributed by atoms with Crippen LogP contribution in [0.1, 0.15) is 40.9 Å². The van der Waals surface area contributed by atoms with Crippen molar-refractivity contribution in [1.82, 2.24) is 10.3 Å². The number of hydrogen-bond donors (Lipinski definition) is 2. The first-order chi connectivity index (χ1) is 15.1. The average molecular weight is 467 g/mol. The van der Waals surface area contributed by atoms with E-state index >= 15 is 0 Å². The molecule has 1 aliphatic heterocycles. The number of rotatable bonds is 5. The summed E-state index contributed by atoms with van der Waals surface area (Å²) in [4.78, 5) is 30.9. The van der Waals surface area contributed by atoms with Gasteiger partial charge in [-0.05, 0) is 56.5 Å². The van der Waals surface area contributed by atoms with Crippen molar-refractivity contribution in [2.75, 3.05) is 23.3 Å². The highest BCUT2D eigenvalue weighted by Gasteiger charge is 2.33. The first-order valence-electron chi connectivity index (χ1n) is 10.3. The largest absolute Gasteiger partial charge is 0.416 e. The number of hydrogen-bond acceptors (Lipinski definition) is 4. The van der Waals surface area contributed by atoms with Gasteiger partial charge in [0.05, 0.1) is 16.3 Å². The minimum Gasteiger partial charge on any atom is -0.368 e. The number of amides is 2. The Balaban J connectivity index is 1.40. The summed E-state index contributed by atoms with van der Waals surface area (Å²) in [6.07, 6.45) is -2.10. The predicted molar refractivity (Wildman–Crippen MR) is 115 cm³/mol. The van der Waals surface area contributed by atoms with E-state index < -0.39 is 11.7 Å². The highest BCUT2D eigenvalue weighted by Crippen LogP contribution is 2.36. The van der Waals surface area contributed by atoms with Gasteiger partial charge in [-0.2, -0.15) is 13.2 Å². The Morgan fingerprint density at radius 1 is 1.16 bits per heavy atom. The maximum atomic E-state index is 12.9. The third kappa shape index (κ3) is 5.15. The molecule has 0 radical (unpaired) electrons. The third-order valence-corrected chi connectivity index (χ3v) is 5.86. The second-order valence-electron chi connectivity index (χ2n) is 8.21. The number of nitrogens with zero attached hydrogens (tertiary/aromatic N) is 2. The van der Waals surface area contributed by atoms with Gasteiger partial charge < -0.3 is 15.5 Å². The molecule has 170 valence electrons. The van der Waals surface area contributed by atoms with Crippen molar-refractivity contribution in [2.45, 2.75) is 38.4 Å². The van der Waals surface area contributed by atoms with Crippen molar-refractivity contribution in [3.05, 3.63) is 52.2 Å². The van der Waals surface area contributed by atoms with Gasteiger partial charge in [0.1, 0.15) is 5.82 Å². The number of nitrogens with one attached hydrogen (secondary N) is 2. The summed E-state index contributed by atoms with van der Waals surface area (Å²) in [6.45, 7) is 2.72. The van der Waals surface area contributed by atoms with Gasteiger partial charge in [-0.3, -0.25) is 9.59 Å². The van der Waals surface area contributed by atoms with E-state index in [9.17, 15) is 22.8 Å². The van der Waals surface area contributed by atoms with Gasteiger partial charge in [0.25, 0.3) is 5.91 Å². The van der Waals surface area contributed by atoms with E-state index in [4.69, 9.17) is 11.6 Å². The number of carbonyl (C=O) groups is 2. The molecule has 0 spiro atoms. The zero-order valence-electron chi connectivity index (χ0n) is 17.3. The Bertz CT molecular complexity index is 1060. The van der Waals surface area contributed by atoms with E-state index in [1.165, 1.54) is 6.07 Å². The Hall–Kier alpha value is -2.81. The number of pyridine rings is 1. The summed E-state index contributed by atoms with van der Waals surface area (Å²) in [5.41, 5.74) is 0.692. The average Bonchev–Trinajstić information content (AvgIpc) is 3.47. The molecule has 2 N–H and O–H groups in total. The molecule has 1 aliphatic carbocycles. The Morgan fingerprint density at radius 3 is 2.56 bits per heavy atom. The molecule has 0 bridgehead atoms. The molecule has 2 aliphatic rings. The lowest BCUT2D eigenvalue weighted by Crippen LogP contribution is -2.37. The van der Waals surface area contributed by atoms with Crippen molar-refractivity contribution in [1.29, 1.82) is 0 Å². The van der Waals surface area contributed by atoms with Gasteiger partial charge in [0.15, 0.2) is 0 Å². The summed E-state index contributed by atoms with van der Waals surface area (Å²) in [5.74, 6) is -0.0233. The molecule has 32 heavy (non-hydrogen) atoms.